The zero-order chi connectivity index (χ0) is 11.0. The molecular weight excluding hydrogens is 172 g/mol. The Labute approximate surface area is 89.0 Å². The summed E-state index contributed by atoms with van der Waals surface area (Å²) in [6, 6.07) is 0.255. The van der Waals surface area contributed by atoms with Gasteiger partial charge in [-0.1, -0.05) is 32.9 Å². The molecule has 0 spiro atoms. The Bertz CT molecular complexity index is 152. The van der Waals surface area contributed by atoms with E-state index in [0.717, 1.165) is 19.5 Å². The maximum atomic E-state index is 5.98. The number of hydrogen-bond acceptors (Lipinski definition) is 2. The minimum Gasteiger partial charge on any atom is -0.328 e. The van der Waals surface area contributed by atoms with Crippen LogP contribution in [0.2, 0.25) is 0 Å². The van der Waals surface area contributed by atoms with Gasteiger partial charge in [0.1, 0.15) is 0 Å². The SMILES string of the molecule is CC/C=C\C(C)C(CNCC)C(C)N. The van der Waals surface area contributed by atoms with E-state index in [4.69, 9.17) is 5.73 Å². The molecule has 3 unspecified atom stereocenters. The molecule has 84 valence electrons. The van der Waals surface area contributed by atoms with Crippen molar-refractivity contribution in [2.45, 2.75) is 40.2 Å². The van der Waals surface area contributed by atoms with Crippen molar-refractivity contribution in [3.8, 4) is 0 Å². The molecule has 14 heavy (non-hydrogen) atoms. The fourth-order valence-electron chi connectivity index (χ4n) is 1.66. The van der Waals surface area contributed by atoms with E-state index in [0.29, 0.717) is 11.8 Å². The monoisotopic (exact) mass is 198 g/mol. The van der Waals surface area contributed by atoms with Crippen molar-refractivity contribution < 1.29 is 0 Å². The molecule has 0 aromatic carbocycles. The van der Waals surface area contributed by atoms with Crippen molar-refractivity contribution >= 4 is 0 Å². The smallest absolute Gasteiger partial charge is 0.00564 e. The molecule has 0 aliphatic carbocycles. The highest BCUT2D eigenvalue weighted by Crippen LogP contribution is 2.15. The molecule has 0 rings (SSSR count). The highest BCUT2D eigenvalue weighted by molar-refractivity contribution is 4.91. The van der Waals surface area contributed by atoms with E-state index >= 15 is 0 Å². The lowest BCUT2D eigenvalue weighted by atomic mass is 9.88. The normalized spacial score (nSPS) is 18.4. The summed E-state index contributed by atoms with van der Waals surface area (Å²) in [4.78, 5) is 0. The lowest BCUT2D eigenvalue weighted by Crippen LogP contribution is -2.38. The van der Waals surface area contributed by atoms with Crippen molar-refractivity contribution in [1.82, 2.24) is 5.32 Å². The Morgan fingerprint density at radius 3 is 2.36 bits per heavy atom. The van der Waals surface area contributed by atoms with Crippen molar-refractivity contribution in [2.24, 2.45) is 17.6 Å². The van der Waals surface area contributed by atoms with Crippen LogP contribution < -0.4 is 11.1 Å². The Hall–Kier alpha value is -0.340. The fraction of sp³-hybridized carbons (Fsp3) is 0.833. The van der Waals surface area contributed by atoms with E-state index in [1.165, 1.54) is 0 Å². The van der Waals surface area contributed by atoms with Crippen LogP contribution in [0.5, 0.6) is 0 Å². The molecule has 0 fully saturated rings. The van der Waals surface area contributed by atoms with Gasteiger partial charge >= 0.3 is 0 Å². The van der Waals surface area contributed by atoms with Crippen LogP contribution >= 0.6 is 0 Å². The van der Waals surface area contributed by atoms with Gasteiger partial charge in [0.05, 0.1) is 0 Å². The first-order valence-electron chi connectivity index (χ1n) is 5.76. The first-order chi connectivity index (χ1) is 6.63. The van der Waals surface area contributed by atoms with Crippen LogP contribution in [0, 0.1) is 11.8 Å². The van der Waals surface area contributed by atoms with Gasteiger partial charge in [0.15, 0.2) is 0 Å². The molecule has 0 heterocycles. The molecule has 0 radical (unpaired) electrons. The largest absolute Gasteiger partial charge is 0.328 e. The van der Waals surface area contributed by atoms with Gasteiger partial charge in [-0.3, -0.25) is 0 Å². The molecule has 0 amide bonds. The predicted octanol–water partition coefficient (Wildman–Crippen LogP) is 2.16. The summed E-state index contributed by atoms with van der Waals surface area (Å²) in [6.45, 7) is 10.7. The topological polar surface area (TPSA) is 38.0 Å². The van der Waals surface area contributed by atoms with Crippen LogP contribution in [-0.2, 0) is 0 Å². The summed E-state index contributed by atoms with van der Waals surface area (Å²) < 4.78 is 0. The molecule has 0 aliphatic rings. The molecule has 0 aromatic heterocycles. The minimum absolute atomic E-state index is 0.255. The van der Waals surface area contributed by atoms with E-state index in [1.54, 1.807) is 0 Å². The third-order valence-corrected chi connectivity index (χ3v) is 2.66. The summed E-state index contributed by atoms with van der Waals surface area (Å²) in [5.41, 5.74) is 5.98. The molecule has 0 aliphatic heterocycles. The lowest BCUT2D eigenvalue weighted by Gasteiger charge is -2.25. The van der Waals surface area contributed by atoms with Gasteiger partial charge in [-0.15, -0.1) is 0 Å². The molecular formula is C12H26N2. The summed E-state index contributed by atoms with van der Waals surface area (Å²) in [5.74, 6) is 1.10. The second kappa shape index (κ2) is 8.01. The maximum Gasteiger partial charge on any atom is 0.00564 e. The third kappa shape index (κ3) is 5.40. The summed E-state index contributed by atoms with van der Waals surface area (Å²) in [7, 11) is 0. The summed E-state index contributed by atoms with van der Waals surface area (Å²) in [6.07, 6.45) is 5.62. The van der Waals surface area contributed by atoms with Gasteiger partial charge in [-0.05, 0) is 38.3 Å². The molecule has 3 N–H and O–H groups in total. The van der Waals surface area contributed by atoms with Crippen LogP contribution in [0.1, 0.15) is 34.1 Å². The van der Waals surface area contributed by atoms with Crippen LogP contribution in [0.15, 0.2) is 12.2 Å². The van der Waals surface area contributed by atoms with E-state index in [2.05, 4.69) is 45.2 Å². The number of hydrogen-bond donors (Lipinski definition) is 2. The maximum absolute atomic E-state index is 5.98. The van der Waals surface area contributed by atoms with Gasteiger partial charge < -0.3 is 11.1 Å². The second-order valence-electron chi connectivity index (χ2n) is 4.03. The zero-order valence-electron chi connectivity index (χ0n) is 10.1. The molecule has 2 heteroatoms. The number of allylic oxidation sites excluding steroid dienone is 2. The first-order valence-corrected chi connectivity index (χ1v) is 5.76. The van der Waals surface area contributed by atoms with E-state index in [1.807, 2.05) is 0 Å². The number of rotatable bonds is 7. The average molecular weight is 198 g/mol. The van der Waals surface area contributed by atoms with Gasteiger partial charge in [0, 0.05) is 6.04 Å². The number of nitrogens with two attached hydrogens (primary N) is 1. The average Bonchev–Trinajstić information content (AvgIpc) is 2.14. The standard InChI is InChI=1S/C12H26N2/c1-5-7-8-10(3)12(11(4)13)9-14-6-2/h7-8,10-12,14H,5-6,9,13H2,1-4H3/b8-7-. The van der Waals surface area contributed by atoms with Gasteiger partial charge in [0.2, 0.25) is 0 Å². The lowest BCUT2D eigenvalue weighted by molar-refractivity contribution is 0.343. The van der Waals surface area contributed by atoms with Crippen molar-refractivity contribution in [3.63, 3.8) is 0 Å². The van der Waals surface area contributed by atoms with E-state index in [-0.39, 0.29) is 6.04 Å². The van der Waals surface area contributed by atoms with Crippen LogP contribution in [0.4, 0.5) is 0 Å². The number of nitrogens with one attached hydrogen (secondary N) is 1. The van der Waals surface area contributed by atoms with Crippen molar-refractivity contribution in [2.75, 3.05) is 13.1 Å². The van der Waals surface area contributed by atoms with Crippen molar-refractivity contribution in [1.29, 1.82) is 0 Å². The van der Waals surface area contributed by atoms with Crippen LogP contribution in [-0.4, -0.2) is 19.1 Å². The van der Waals surface area contributed by atoms with Gasteiger partial charge in [-0.25, -0.2) is 0 Å². The predicted molar refractivity (Wildman–Crippen MR) is 64.3 cm³/mol. The second-order valence-corrected chi connectivity index (χ2v) is 4.03. The van der Waals surface area contributed by atoms with Crippen LogP contribution in [0.3, 0.4) is 0 Å². The Kier molecular flexibility index (Phi) is 7.81. The highest BCUT2D eigenvalue weighted by Gasteiger charge is 2.18. The Balaban J connectivity index is 4.10. The van der Waals surface area contributed by atoms with E-state index in [9.17, 15) is 0 Å². The first kappa shape index (κ1) is 13.7. The summed E-state index contributed by atoms with van der Waals surface area (Å²) in [5, 5.41) is 3.37. The van der Waals surface area contributed by atoms with Crippen molar-refractivity contribution in [3.05, 3.63) is 12.2 Å². The van der Waals surface area contributed by atoms with E-state index < -0.39 is 0 Å². The zero-order valence-corrected chi connectivity index (χ0v) is 10.1. The molecule has 2 nitrogen and oxygen atoms in total. The highest BCUT2D eigenvalue weighted by atomic mass is 14.9. The Morgan fingerprint density at radius 1 is 1.29 bits per heavy atom. The van der Waals surface area contributed by atoms with Gasteiger partial charge in [0.25, 0.3) is 0 Å². The molecule has 0 bridgehead atoms. The fourth-order valence-corrected chi connectivity index (χ4v) is 1.66. The van der Waals surface area contributed by atoms with Gasteiger partial charge in [-0.2, -0.15) is 0 Å². The molecule has 0 saturated carbocycles. The summed E-state index contributed by atoms with van der Waals surface area (Å²) >= 11 is 0. The van der Waals surface area contributed by atoms with Crippen LogP contribution in [0.25, 0.3) is 0 Å². The molecule has 0 saturated heterocycles. The molecule has 0 aromatic rings. The minimum atomic E-state index is 0.255. The third-order valence-electron chi connectivity index (χ3n) is 2.66. The quantitative estimate of drug-likeness (QED) is 0.615. The molecule has 3 atom stereocenters. The Morgan fingerprint density at radius 2 is 1.93 bits per heavy atom.